The van der Waals surface area contributed by atoms with Crippen molar-refractivity contribution in [3.63, 3.8) is 0 Å². The van der Waals surface area contributed by atoms with Crippen molar-refractivity contribution in [2.45, 2.75) is 25.9 Å². The summed E-state index contributed by atoms with van der Waals surface area (Å²) in [6.07, 6.45) is 0.528. The third kappa shape index (κ3) is 4.83. The number of aliphatic hydroxyl groups excluding tert-OH is 1. The van der Waals surface area contributed by atoms with Crippen molar-refractivity contribution >= 4 is 6.03 Å². The first-order chi connectivity index (χ1) is 11.6. The summed E-state index contributed by atoms with van der Waals surface area (Å²) in [6.45, 7) is 2.31. The van der Waals surface area contributed by atoms with Gasteiger partial charge in [0, 0.05) is 19.2 Å². The van der Waals surface area contributed by atoms with E-state index in [1.165, 1.54) is 0 Å². The van der Waals surface area contributed by atoms with Gasteiger partial charge in [-0.05, 0) is 36.1 Å². The molecule has 2 aromatic carbocycles. The maximum atomic E-state index is 11.7. The largest absolute Gasteiger partial charge is 0.396 e. The van der Waals surface area contributed by atoms with E-state index in [4.69, 9.17) is 10.4 Å². The highest BCUT2D eigenvalue weighted by Crippen LogP contribution is 2.23. The Bertz CT molecular complexity index is 720. The van der Waals surface area contributed by atoms with Crippen LogP contribution < -0.4 is 10.6 Å². The second-order valence-electron chi connectivity index (χ2n) is 5.59. The van der Waals surface area contributed by atoms with Crippen molar-refractivity contribution in [2.24, 2.45) is 0 Å². The van der Waals surface area contributed by atoms with E-state index in [2.05, 4.69) is 16.7 Å². The van der Waals surface area contributed by atoms with Gasteiger partial charge in [0.15, 0.2) is 0 Å². The van der Waals surface area contributed by atoms with E-state index >= 15 is 0 Å². The van der Waals surface area contributed by atoms with Crippen LogP contribution in [0.25, 0.3) is 11.1 Å². The Morgan fingerprint density at radius 1 is 1.21 bits per heavy atom. The van der Waals surface area contributed by atoms with Crippen LogP contribution in [0.1, 0.15) is 24.5 Å². The van der Waals surface area contributed by atoms with Crippen LogP contribution in [-0.2, 0) is 6.54 Å². The van der Waals surface area contributed by atoms with E-state index in [1.54, 1.807) is 6.07 Å². The first-order valence-corrected chi connectivity index (χ1v) is 7.87. The van der Waals surface area contributed by atoms with E-state index in [0.29, 0.717) is 18.5 Å². The number of rotatable bonds is 6. The second-order valence-corrected chi connectivity index (χ2v) is 5.59. The number of carbonyl (C=O) groups excluding carboxylic acids is 1. The molecule has 0 bridgehead atoms. The molecule has 2 aromatic rings. The van der Waals surface area contributed by atoms with Gasteiger partial charge in [0.1, 0.15) is 0 Å². The fourth-order valence-electron chi connectivity index (χ4n) is 2.36. The number of urea groups is 1. The Morgan fingerprint density at radius 3 is 2.58 bits per heavy atom. The number of aliphatic hydroxyl groups is 1. The summed E-state index contributed by atoms with van der Waals surface area (Å²) in [5, 5.41) is 23.5. The first kappa shape index (κ1) is 17.5. The zero-order chi connectivity index (χ0) is 17.4. The number of amides is 2. The molecule has 124 valence electrons. The fraction of sp³-hybridized carbons (Fsp3) is 0.263. The highest BCUT2D eigenvalue weighted by molar-refractivity contribution is 5.74. The maximum absolute atomic E-state index is 11.7. The minimum atomic E-state index is -0.255. The first-order valence-electron chi connectivity index (χ1n) is 7.87. The summed E-state index contributed by atoms with van der Waals surface area (Å²) < 4.78 is 0. The molecule has 3 N–H and O–H groups in total. The van der Waals surface area contributed by atoms with Crippen molar-refractivity contribution in [3.8, 4) is 17.2 Å². The normalized spacial score (nSPS) is 11.4. The van der Waals surface area contributed by atoms with E-state index < -0.39 is 0 Å². The number of nitrogens with zero attached hydrogens (tertiary/aromatic N) is 1. The topological polar surface area (TPSA) is 85.2 Å². The number of nitriles is 1. The number of hydrogen-bond donors (Lipinski definition) is 3. The average molecular weight is 323 g/mol. The number of carbonyl (C=O) groups is 1. The highest BCUT2D eigenvalue weighted by atomic mass is 16.3. The molecule has 1 atom stereocenters. The van der Waals surface area contributed by atoms with Gasteiger partial charge in [0.25, 0.3) is 0 Å². The molecule has 0 saturated carbocycles. The van der Waals surface area contributed by atoms with Crippen molar-refractivity contribution in [2.75, 3.05) is 6.61 Å². The Morgan fingerprint density at radius 2 is 1.92 bits per heavy atom. The van der Waals surface area contributed by atoms with E-state index in [-0.39, 0.29) is 18.7 Å². The zero-order valence-corrected chi connectivity index (χ0v) is 13.6. The zero-order valence-electron chi connectivity index (χ0n) is 13.6. The van der Waals surface area contributed by atoms with Gasteiger partial charge < -0.3 is 15.7 Å². The van der Waals surface area contributed by atoms with E-state index in [0.717, 1.165) is 16.7 Å². The van der Waals surface area contributed by atoms with Crippen molar-refractivity contribution in [1.29, 1.82) is 5.26 Å². The summed E-state index contributed by atoms with van der Waals surface area (Å²) >= 11 is 0. The van der Waals surface area contributed by atoms with Crippen LogP contribution in [0.5, 0.6) is 0 Å². The molecule has 1 unspecified atom stereocenters. The molecule has 5 nitrogen and oxygen atoms in total. The molecule has 2 amide bonds. The van der Waals surface area contributed by atoms with Gasteiger partial charge in [-0.1, -0.05) is 42.5 Å². The smallest absolute Gasteiger partial charge is 0.315 e. The van der Waals surface area contributed by atoms with Crippen LogP contribution in [0.3, 0.4) is 0 Å². The van der Waals surface area contributed by atoms with Gasteiger partial charge in [-0.3, -0.25) is 0 Å². The molecule has 0 aliphatic heterocycles. The van der Waals surface area contributed by atoms with Gasteiger partial charge in [0.05, 0.1) is 11.6 Å². The molecule has 0 fully saturated rings. The fourth-order valence-corrected chi connectivity index (χ4v) is 2.36. The lowest BCUT2D eigenvalue weighted by atomic mass is 9.99. The predicted octanol–water partition coefficient (Wildman–Crippen LogP) is 2.80. The van der Waals surface area contributed by atoms with Crippen molar-refractivity contribution < 1.29 is 9.90 Å². The molecule has 5 heteroatoms. The molecule has 0 aliphatic carbocycles. The summed E-state index contributed by atoms with van der Waals surface area (Å²) in [5.74, 6) is 0. The lowest BCUT2D eigenvalue weighted by molar-refractivity contribution is 0.230. The summed E-state index contributed by atoms with van der Waals surface area (Å²) in [6, 6.07) is 17.1. The van der Waals surface area contributed by atoms with Crippen LogP contribution in [0, 0.1) is 11.3 Å². The van der Waals surface area contributed by atoms with Crippen molar-refractivity contribution in [3.05, 3.63) is 59.7 Å². The van der Waals surface area contributed by atoms with Gasteiger partial charge >= 0.3 is 6.03 Å². The van der Waals surface area contributed by atoms with Crippen LogP contribution >= 0.6 is 0 Å². The Hall–Kier alpha value is -2.84. The molecule has 0 heterocycles. The molecule has 24 heavy (non-hydrogen) atoms. The standard InChI is InChI=1S/C19H21N3O2/c1-14(10-11-23)22-19(24)21-13-15-6-8-16(9-7-15)18-5-3-2-4-17(18)12-20/h2-9,14,23H,10-11,13H2,1H3,(H2,21,22,24). The molecular weight excluding hydrogens is 302 g/mol. The Balaban J connectivity index is 1.95. The van der Waals surface area contributed by atoms with Crippen LogP contribution in [-0.4, -0.2) is 23.8 Å². The summed E-state index contributed by atoms with van der Waals surface area (Å²) in [5.41, 5.74) is 3.48. The lowest BCUT2D eigenvalue weighted by Crippen LogP contribution is -2.40. The van der Waals surface area contributed by atoms with Gasteiger partial charge in [-0.2, -0.15) is 5.26 Å². The van der Waals surface area contributed by atoms with E-state index in [1.807, 2.05) is 49.4 Å². The van der Waals surface area contributed by atoms with E-state index in [9.17, 15) is 4.79 Å². The monoisotopic (exact) mass is 323 g/mol. The predicted molar refractivity (Wildman–Crippen MR) is 93.1 cm³/mol. The molecule has 0 aliphatic rings. The van der Waals surface area contributed by atoms with Crippen LogP contribution in [0.4, 0.5) is 4.79 Å². The molecule has 2 rings (SSSR count). The second kappa shape index (κ2) is 8.70. The van der Waals surface area contributed by atoms with Crippen LogP contribution in [0.15, 0.2) is 48.5 Å². The minimum Gasteiger partial charge on any atom is -0.396 e. The van der Waals surface area contributed by atoms with Gasteiger partial charge in [-0.15, -0.1) is 0 Å². The Kier molecular flexibility index (Phi) is 6.35. The SMILES string of the molecule is CC(CCO)NC(=O)NCc1ccc(-c2ccccc2C#N)cc1. The van der Waals surface area contributed by atoms with Crippen molar-refractivity contribution in [1.82, 2.24) is 10.6 Å². The van der Waals surface area contributed by atoms with Crippen LogP contribution in [0.2, 0.25) is 0 Å². The molecule has 0 aromatic heterocycles. The van der Waals surface area contributed by atoms with Gasteiger partial charge in [0.2, 0.25) is 0 Å². The Labute approximate surface area is 141 Å². The third-order valence-corrected chi connectivity index (χ3v) is 3.71. The molecule has 0 saturated heterocycles. The summed E-state index contributed by atoms with van der Waals surface area (Å²) in [7, 11) is 0. The number of hydrogen-bond acceptors (Lipinski definition) is 3. The minimum absolute atomic E-state index is 0.0487. The molecular formula is C19H21N3O2. The third-order valence-electron chi connectivity index (χ3n) is 3.71. The highest BCUT2D eigenvalue weighted by Gasteiger charge is 2.07. The number of nitrogens with one attached hydrogen (secondary N) is 2. The lowest BCUT2D eigenvalue weighted by Gasteiger charge is -2.13. The summed E-state index contributed by atoms with van der Waals surface area (Å²) in [4.78, 5) is 11.7. The number of benzene rings is 2. The molecule has 0 spiro atoms. The molecule has 0 radical (unpaired) electrons. The maximum Gasteiger partial charge on any atom is 0.315 e. The quantitative estimate of drug-likeness (QED) is 0.764. The average Bonchev–Trinajstić information content (AvgIpc) is 2.60. The van der Waals surface area contributed by atoms with Gasteiger partial charge in [-0.25, -0.2) is 4.79 Å².